The van der Waals surface area contributed by atoms with Gasteiger partial charge in [-0.05, 0) is 44.5 Å². The monoisotopic (exact) mass is 385 g/mol. The van der Waals surface area contributed by atoms with E-state index >= 15 is 0 Å². The van der Waals surface area contributed by atoms with E-state index < -0.39 is 0 Å². The zero-order valence-electron chi connectivity index (χ0n) is 18.8. The molecule has 158 valence electrons. The molecule has 0 N–H and O–H groups in total. The van der Waals surface area contributed by atoms with E-state index in [-0.39, 0.29) is 0 Å². The maximum atomic E-state index is 4.67. The van der Waals surface area contributed by atoms with Gasteiger partial charge in [0.25, 0.3) is 0 Å². The largest absolute Gasteiger partial charge is 0.317 e. The molecule has 28 heavy (non-hydrogen) atoms. The molecule has 1 heterocycles. The number of hydrogen-bond acceptors (Lipinski definition) is 2. The Balaban J connectivity index is 1.86. The van der Waals surface area contributed by atoms with Crippen LogP contribution in [0.5, 0.6) is 0 Å². The van der Waals surface area contributed by atoms with Crippen LogP contribution < -0.4 is 0 Å². The van der Waals surface area contributed by atoms with Crippen molar-refractivity contribution in [3.63, 3.8) is 0 Å². The first-order chi connectivity index (χ1) is 13.8. The molecule has 1 aromatic carbocycles. The summed E-state index contributed by atoms with van der Waals surface area (Å²) in [6, 6.07) is 6.52. The molecule has 0 atom stereocenters. The van der Waals surface area contributed by atoms with Crippen molar-refractivity contribution in [3.05, 3.63) is 30.1 Å². The summed E-state index contributed by atoms with van der Waals surface area (Å²) in [4.78, 5) is 7.32. The minimum atomic E-state index is 0.976. The number of nitrogens with zero attached hydrogens (tertiary/aromatic N) is 3. The Kier molecular flexibility index (Phi) is 11.3. The number of aromatic nitrogens is 2. The number of imidazole rings is 1. The van der Waals surface area contributed by atoms with Crippen molar-refractivity contribution in [1.82, 2.24) is 14.5 Å². The van der Waals surface area contributed by atoms with Gasteiger partial charge in [-0.1, -0.05) is 90.2 Å². The Labute approximate surface area is 173 Å². The summed E-state index contributed by atoms with van der Waals surface area (Å²) in [5.74, 6) is 0. The predicted molar refractivity (Wildman–Crippen MR) is 123 cm³/mol. The fraction of sp³-hybridized carbons (Fsp3) is 0.720. The molecule has 0 aliphatic heterocycles. The molecule has 0 radical (unpaired) electrons. The molecule has 2 rings (SSSR count). The van der Waals surface area contributed by atoms with Gasteiger partial charge in [0.05, 0.1) is 24.0 Å². The summed E-state index contributed by atoms with van der Waals surface area (Å²) in [6.07, 6.45) is 18.5. The van der Waals surface area contributed by atoms with Crippen molar-refractivity contribution in [3.8, 4) is 0 Å². The van der Waals surface area contributed by atoms with Crippen LogP contribution in [0.25, 0.3) is 11.0 Å². The third kappa shape index (κ3) is 7.95. The number of benzene rings is 1. The van der Waals surface area contributed by atoms with E-state index in [1.807, 2.05) is 6.33 Å². The molecule has 1 aromatic heterocycles. The molecule has 0 aliphatic rings. The van der Waals surface area contributed by atoms with Gasteiger partial charge in [-0.15, -0.1) is 0 Å². The van der Waals surface area contributed by atoms with Gasteiger partial charge in [0.1, 0.15) is 0 Å². The standard InChI is InChI=1S/C25H43N3/c1-4-6-8-10-12-14-19-27(20-15-13-11-9-7-5-2)22-28-21-26-25-23(3)17-16-18-24(25)28/h16-18,21H,4-15,19-20,22H2,1-3H3. The Bertz CT molecular complexity index is 630. The highest BCUT2D eigenvalue weighted by Crippen LogP contribution is 2.18. The van der Waals surface area contributed by atoms with Crippen LogP contribution in [0.4, 0.5) is 0 Å². The lowest BCUT2D eigenvalue weighted by molar-refractivity contribution is 0.211. The number of rotatable bonds is 16. The van der Waals surface area contributed by atoms with Crippen LogP contribution in [0, 0.1) is 6.92 Å². The van der Waals surface area contributed by atoms with Gasteiger partial charge in [-0.2, -0.15) is 0 Å². The van der Waals surface area contributed by atoms with Gasteiger partial charge < -0.3 is 4.57 Å². The van der Waals surface area contributed by atoms with Crippen molar-refractivity contribution < 1.29 is 0 Å². The first kappa shape index (κ1) is 22.9. The number of hydrogen-bond donors (Lipinski definition) is 0. The van der Waals surface area contributed by atoms with E-state index in [0.29, 0.717) is 0 Å². The number of unbranched alkanes of at least 4 members (excludes halogenated alkanes) is 10. The van der Waals surface area contributed by atoms with Crippen molar-refractivity contribution >= 4 is 11.0 Å². The van der Waals surface area contributed by atoms with E-state index in [1.54, 1.807) is 0 Å². The van der Waals surface area contributed by atoms with Gasteiger partial charge in [0, 0.05) is 0 Å². The molecular weight excluding hydrogens is 342 g/mol. The predicted octanol–water partition coefficient (Wildman–Crippen LogP) is 7.33. The van der Waals surface area contributed by atoms with Gasteiger partial charge in [0.2, 0.25) is 0 Å². The summed E-state index contributed by atoms with van der Waals surface area (Å²) in [6.45, 7) is 10.1. The molecule has 0 saturated heterocycles. The summed E-state index contributed by atoms with van der Waals surface area (Å²) < 4.78 is 2.34. The molecule has 3 heteroatoms. The fourth-order valence-electron chi connectivity index (χ4n) is 4.05. The summed E-state index contributed by atoms with van der Waals surface area (Å²) >= 11 is 0. The molecule has 0 aliphatic carbocycles. The Morgan fingerprint density at radius 3 is 1.96 bits per heavy atom. The fourth-order valence-corrected chi connectivity index (χ4v) is 4.05. The van der Waals surface area contributed by atoms with Crippen molar-refractivity contribution in [1.29, 1.82) is 0 Å². The van der Waals surface area contributed by atoms with Gasteiger partial charge >= 0.3 is 0 Å². The van der Waals surface area contributed by atoms with Crippen LogP contribution in [-0.4, -0.2) is 27.5 Å². The van der Waals surface area contributed by atoms with Crippen molar-refractivity contribution in [2.24, 2.45) is 0 Å². The maximum absolute atomic E-state index is 4.67. The maximum Gasteiger partial charge on any atom is 0.0969 e. The van der Waals surface area contributed by atoms with Crippen LogP contribution in [0.3, 0.4) is 0 Å². The zero-order valence-corrected chi connectivity index (χ0v) is 18.8. The third-order valence-electron chi connectivity index (χ3n) is 5.86. The van der Waals surface area contributed by atoms with E-state index in [0.717, 1.165) is 12.2 Å². The van der Waals surface area contributed by atoms with Crippen LogP contribution in [0.1, 0.15) is 96.5 Å². The van der Waals surface area contributed by atoms with E-state index in [4.69, 9.17) is 0 Å². The molecule has 0 unspecified atom stereocenters. The van der Waals surface area contributed by atoms with Crippen LogP contribution >= 0.6 is 0 Å². The van der Waals surface area contributed by atoms with E-state index in [9.17, 15) is 0 Å². The summed E-state index contributed by atoms with van der Waals surface area (Å²) in [5, 5.41) is 0. The average molecular weight is 386 g/mol. The highest BCUT2D eigenvalue weighted by Gasteiger charge is 2.09. The molecule has 0 saturated carbocycles. The minimum Gasteiger partial charge on any atom is -0.317 e. The highest BCUT2D eigenvalue weighted by atomic mass is 15.3. The second-order valence-electron chi connectivity index (χ2n) is 8.45. The smallest absolute Gasteiger partial charge is 0.0969 e. The second kappa shape index (κ2) is 13.8. The van der Waals surface area contributed by atoms with Gasteiger partial charge in [-0.3, -0.25) is 4.90 Å². The van der Waals surface area contributed by atoms with Gasteiger partial charge in [-0.25, -0.2) is 4.98 Å². The van der Waals surface area contributed by atoms with Crippen LogP contribution in [-0.2, 0) is 6.67 Å². The van der Waals surface area contributed by atoms with E-state index in [2.05, 4.69) is 53.4 Å². The number of aryl methyl sites for hydroxylation is 1. The van der Waals surface area contributed by atoms with E-state index in [1.165, 1.54) is 101 Å². The molecule has 2 aromatic rings. The Hall–Kier alpha value is -1.35. The zero-order chi connectivity index (χ0) is 20.0. The molecular formula is C25H43N3. The minimum absolute atomic E-state index is 0.976. The highest BCUT2D eigenvalue weighted by molar-refractivity contribution is 5.78. The third-order valence-corrected chi connectivity index (χ3v) is 5.86. The lowest BCUT2D eigenvalue weighted by atomic mass is 10.1. The van der Waals surface area contributed by atoms with Crippen molar-refractivity contribution in [2.45, 2.75) is 104 Å². The van der Waals surface area contributed by atoms with Gasteiger partial charge in [0.15, 0.2) is 0 Å². The Morgan fingerprint density at radius 2 is 1.36 bits per heavy atom. The molecule has 0 spiro atoms. The topological polar surface area (TPSA) is 21.1 Å². The normalized spacial score (nSPS) is 11.7. The van der Waals surface area contributed by atoms with Crippen LogP contribution in [0.15, 0.2) is 24.5 Å². The quantitative estimate of drug-likeness (QED) is 0.282. The number of para-hydroxylation sites is 1. The van der Waals surface area contributed by atoms with Crippen molar-refractivity contribution in [2.75, 3.05) is 13.1 Å². The average Bonchev–Trinajstić information content (AvgIpc) is 3.11. The first-order valence-corrected chi connectivity index (χ1v) is 11.9. The molecule has 0 fully saturated rings. The number of fused-ring (bicyclic) bond motifs is 1. The molecule has 0 bridgehead atoms. The Morgan fingerprint density at radius 1 is 0.786 bits per heavy atom. The molecule has 0 amide bonds. The summed E-state index contributed by atoms with van der Waals surface area (Å²) in [7, 11) is 0. The molecule has 3 nitrogen and oxygen atoms in total. The summed E-state index contributed by atoms with van der Waals surface area (Å²) in [5.41, 5.74) is 3.70. The first-order valence-electron chi connectivity index (χ1n) is 11.9. The lowest BCUT2D eigenvalue weighted by Crippen LogP contribution is -2.28. The lowest BCUT2D eigenvalue weighted by Gasteiger charge is -2.23. The second-order valence-corrected chi connectivity index (χ2v) is 8.45. The SMILES string of the molecule is CCCCCCCCN(CCCCCCCC)Cn1cnc2c(C)cccc21. The van der Waals surface area contributed by atoms with Crippen LogP contribution in [0.2, 0.25) is 0 Å².